The minimum Gasteiger partial charge on any atom is -0.494 e. The van der Waals surface area contributed by atoms with E-state index in [1.807, 2.05) is 57.2 Å². The minimum absolute atomic E-state index is 0.0836. The fraction of sp³-hybridized carbons (Fsp3) is 0.318. The van der Waals surface area contributed by atoms with Gasteiger partial charge in [0.15, 0.2) is 5.13 Å². The first kappa shape index (κ1) is 21.7. The second-order valence-electron chi connectivity index (χ2n) is 7.12. The summed E-state index contributed by atoms with van der Waals surface area (Å²) in [5.41, 5.74) is 3.64. The molecule has 8 heteroatoms. The maximum absolute atomic E-state index is 12.4. The van der Waals surface area contributed by atoms with Crippen LogP contribution in [0, 0.1) is 13.8 Å². The number of nitrogens with one attached hydrogen (secondary N) is 2. The van der Waals surface area contributed by atoms with Crippen LogP contribution in [0.3, 0.4) is 0 Å². The third-order valence-corrected chi connectivity index (χ3v) is 5.42. The van der Waals surface area contributed by atoms with E-state index in [1.54, 1.807) is 11.9 Å². The molecule has 0 fully saturated rings. The highest BCUT2D eigenvalue weighted by atomic mass is 32.1. The number of hydrogen-bond acceptors (Lipinski definition) is 6. The molecule has 0 saturated carbocycles. The molecule has 7 nitrogen and oxygen atoms in total. The molecule has 0 atom stereocenters. The molecule has 0 aliphatic carbocycles. The molecular formula is C22H26N4O3S. The molecule has 0 radical (unpaired) electrons. The van der Waals surface area contributed by atoms with Crippen molar-refractivity contribution >= 4 is 44.2 Å². The topological polar surface area (TPSA) is 83.6 Å². The number of aromatic nitrogens is 1. The van der Waals surface area contributed by atoms with Crippen LogP contribution in [-0.4, -0.2) is 48.4 Å². The summed E-state index contributed by atoms with van der Waals surface area (Å²) in [5, 5.41) is 6.27. The second-order valence-corrected chi connectivity index (χ2v) is 8.15. The van der Waals surface area contributed by atoms with Crippen LogP contribution >= 0.6 is 11.3 Å². The van der Waals surface area contributed by atoms with E-state index in [0.29, 0.717) is 11.7 Å². The molecule has 2 aromatic carbocycles. The molecule has 0 aliphatic rings. The molecular weight excluding hydrogens is 400 g/mol. The van der Waals surface area contributed by atoms with Crippen LogP contribution in [0.2, 0.25) is 0 Å². The summed E-state index contributed by atoms with van der Waals surface area (Å²) in [6.07, 6.45) is 0. The number of carbonyl (C=O) groups is 2. The summed E-state index contributed by atoms with van der Waals surface area (Å²) in [4.78, 5) is 30.8. The van der Waals surface area contributed by atoms with Gasteiger partial charge in [-0.05, 0) is 57.1 Å². The van der Waals surface area contributed by atoms with Crippen molar-refractivity contribution in [3.63, 3.8) is 0 Å². The van der Waals surface area contributed by atoms with E-state index in [9.17, 15) is 9.59 Å². The summed E-state index contributed by atoms with van der Waals surface area (Å²) in [6, 6.07) is 11.5. The zero-order valence-corrected chi connectivity index (χ0v) is 18.4. The standard InChI is InChI=1S/C22H26N4O3S/c1-5-29-16-9-10-17-18(11-16)30-22(23-17)25-20(28)13-26(4)12-19(27)24-21-14(2)7-6-8-15(21)3/h6-11H,5,12-13H2,1-4H3,(H,24,27)(H,23,25,28). The fourth-order valence-corrected chi connectivity index (χ4v) is 4.02. The highest BCUT2D eigenvalue weighted by molar-refractivity contribution is 7.22. The number of para-hydroxylation sites is 1. The van der Waals surface area contributed by atoms with Gasteiger partial charge in [0.2, 0.25) is 11.8 Å². The maximum Gasteiger partial charge on any atom is 0.240 e. The van der Waals surface area contributed by atoms with Crippen LogP contribution in [0.1, 0.15) is 18.1 Å². The Kier molecular flexibility index (Phi) is 7.02. The van der Waals surface area contributed by atoms with Gasteiger partial charge < -0.3 is 15.4 Å². The first-order valence-corrected chi connectivity index (χ1v) is 10.5. The van der Waals surface area contributed by atoms with E-state index in [4.69, 9.17) is 4.74 Å². The summed E-state index contributed by atoms with van der Waals surface area (Å²) in [5.74, 6) is 0.397. The highest BCUT2D eigenvalue weighted by Crippen LogP contribution is 2.29. The summed E-state index contributed by atoms with van der Waals surface area (Å²) >= 11 is 1.39. The van der Waals surface area contributed by atoms with Crippen LogP contribution in [0.15, 0.2) is 36.4 Å². The van der Waals surface area contributed by atoms with Crippen LogP contribution in [0.4, 0.5) is 10.8 Å². The molecule has 1 heterocycles. The van der Waals surface area contributed by atoms with Crippen molar-refractivity contribution in [2.45, 2.75) is 20.8 Å². The van der Waals surface area contributed by atoms with E-state index >= 15 is 0 Å². The first-order chi connectivity index (χ1) is 14.4. The highest BCUT2D eigenvalue weighted by Gasteiger charge is 2.14. The third-order valence-electron chi connectivity index (χ3n) is 4.49. The van der Waals surface area contributed by atoms with Crippen molar-refractivity contribution in [3.05, 3.63) is 47.5 Å². The number of nitrogens with zero attached hydrogens (tertiary/aromatic N) is 2. The molecule has 0 unspecified atom stereocenters. The lowest BCUT2D eigenvalue weighted by Crippen LogP contribution is -2.36. The second kappa shape index (κ2) is 9.69. The Labute approximate surface area is 180 Å². The molecule has 3 rings (SSSR count). The van der Waals surface area contributed by atoms with Gasteiger partial charge in [-0.3, -0.25) is 14.5 Å². The Bertz CT molecular complexity index is 1040. The quantitative estimate of drug-likeness (QED) is 0.572. The van der Waals surface area contributed by atoms with Gasteiger partial charge in [-0.15, -0.1) is 0 Å². The summed E-state index contributed by atoms with van der Waals surface area (Å²) in [7, 11) is 1.73. The lowest BCUT2D eigenvalue weighted by molar-refractivity contribution is -0.119. The minimum atomic E-state index is -0.221. The van der Waals surface area contributed by atoms with Crippen molar-refractivity contribution < 1.29 is 14.3 Å². The van der Waals surface area contributed by atoms with Crippen molar-refractivity contribution in [1.82, 2.24) is 9.88 Å². The average Bonchev–Trinajstić information content (AvgIpc) is 3.06. The zero-order chi connectivity index (χ0) is 21.7. The van der Waals surface area contributed by atoms with Crippen molar-refractivity contribution in [2.24, 2.45) is 0 Å². The molecule has 0 bridgehead atoms. The van der Waals surface area contributed by atoms with Gasteiger partial charge in [-0.25, -0.2) is 4.98 Å². The third kappa shape index (κ3) is 5.55. The van der Waals surface area contributed by atoms with Gasteiger partial charge in [0.1, 0.15) is 5.75 Å². The monoisotopic (exact) mass is 426 g/mol. The zero-order valence-electron chi connectivity index (χ0n) is 17.6. The van der Waals surface area contributed by atoms with Gasteiger partial charge in [-0.1, -0.05) is 29.5 Å². The molecule has 3 aromatic rings. The number of aryl methyl sites for hydroxylation is 2. The largest absolute Gasteiger partial charge is 0.494 e. The fourth-order valence-electron chi connectivity index (χ4n) is 3.11. The Hall–Kier alpha value is -2.97. The molecule has 0 spiro atoms. The number of benzene rings is 2. The predicted molar refractivity (Wildman–Crippen MR) is 121 cm³/mol. The van der Waals surface area contributed by atoms with Gasteiger partial charge in [0.05, 0.1) is 29.9 Å². The maximum atomic E-state index is 12.4. The first-order valence-electron chi connectivity index (χ1n) is 9.73. The van der Waals surface area contributed by atoms with Gasteiger partial charge in [0.25, 0.3) is 0 Å². The van der Waals surface area contributed by atoms with E-state index in [0.717, 1.165) is 32.8 Å². The van der Waals surface area contributed by atoms with Crippen molar-refractivity contribution in [1.29, 1.82) is 0 Å². The van der Waals surface area contributed by atoms with E-state index < -0.39 is 0 Å². The normalized spacial score (nSPS) is 11.0. The van der Waals surface area contributed by atoms with Gasteiger partial charge in [0, 0.05) is 5.69 Å². The Morgan fingerprint density at radius 2 is 1.73 bits per heavy atom. The number of fused-ring (bicyclic) bond motifs is 1. The number of anilines is 2. The SMILES string of the molecule is CCOc1ccc2nc(NC(=O)CN(C)CC(=O)Nc3c(C)cccc3C)sc2c1. The Morgan fingerprint density at radius 1 is 1.07 bits per heavy atom. The average molecular weight is 427 g/mol. The lowest BCUT2D eigenvalue weighted by atomic mass is 10.1. The van der Waals surface area contributed by atoms with Crippen LogP contribution < -0.4 is 15.4 Å². The molecule has 2 N–H and O–H groups in total. The number of rotatable bonds is 8. The van der Waals surface area contributed by atoms with E-state index in [1.165, 1.54) is 11.3 Å². The van der Waals surface area contributed by atoms with E-state index in [2.05, 4.69) is 15.6 Å². The van der Waals surface area contributed by atoms with Crippen LogP contribution in [0.25, 0.3) is 10.2 Å². The number of ether oxygens (including phenoxy) is 1. The van der Waals surface area contributed by atoms with Crippen LogP contribution in [-0.2, 0) is 9.59 Å². The molecule has 158 valence electrons. The van der Waals surface area contributed by atoms with Crippen molar-refractivity contribution in [2.75, 3.05) is 37.4 Å². The summed E-state index contributed by atoms with van der Waals surface area (Å²) in [6.45, 7) is 6.63. The number of amides is 2. The Balaban J connectivity index is 1.54. The predicted octanol–water partition coefficient (Wildman–Crippen LogP) is 3.82. The lowest BCUT2D eigenvalue weighted by Gasteiger charge is -2.17. The van der Waals surface area contributed by atoms with E-state index in [-0.39, 0.29) is 24.9 Å². The molecule has 0 saturated heterocycles. The van der Waals surface area contributed by atoms with Gasteiger partial charge >= 0.3 is 0 Å². The molecule has 2 amide bonds. The molecule has 30 heavy (non-hydrogen) atoms. The number of hydrogen-bond donors (Lipinski definition) is 2. The molecule has 0 aliphatic heterocycles. The number of likely N-dealkylation sites (N-methyl/N-ethyl adjacent to an activating group) is 1. The Morgan fingerprint density at radius 3 is 2.40 bits per heavy atom. The molecule has 1 aromatic heterocycles. The summed E-state index contributed by atoms with van der Waals surface area (Å²) < 4.78 is 6.44. The van der Waals surface area contributed by atoms with Gasteiger partial charge in [-0.2, -0.15) is 0 Å². The number of thiazole rings is 1. The smallest absolute Gasteiger partial charge is 0.240 e. The van der Waals surface area contributed by atoms with Crippen LogP contribution in [0.5, 0.6) is 5.75 Å². The van der Waals surface area contributed by atoms with Crippen molar-refractivity contribution in [3.8, 4) is 5.75 Å². The number of carbonyl (C=O) groups excluding carboxylic acids is 2.